The third-order valence-electron chi connectivity index (χ3n) is 2.42. The first-order valence-electron chi connectivity index (χ1n) is 5.32. The maximum atomic E-state index is 11.7. The maximum Gasteiger partial charge on any atom is 0.282 e. The van der Waals surface area contributed by atoms with Crippen molar-refractivity contribution in [1.29, 1.82) is 0 Å². The third-order valence-corrected chi connectivity index (χ3v) is 3.44. The zero-order chi connectivity index (χ0) is 12.1. The first kappa shape index (κ1) is 13.4. The van der Waals surface area contributed by atoms with Crippen LogP contribution in [0.25, 0.3) is 0 Å². The van der Waals surface area contributed by atoms with E-state index in [-0.39, 0.29) is 11.9 Å². The van der Waals surface area contributed by atoms with Crippen LogP contribution in [0.1, 0.15) is 43.4 Å². The standard InChI is InChI=1S/C10H16ClN3OS/c1-4-6(2)5-7(3)12-8(15)9-13-14-10(11)16-9/h6-7H,4-5H2,1-3H3,(H,12,15). The van der Waals surface area contributed by atoms with Crippen LogP contribution >= 0.6 is 22.9 Å². The number of hydrogen-bond acceptors (Lipinski definition) is 4. The minimum atomic E-state index is -0.194. The van der Waals surface area contributed by atoms with Crippen LogP contribution in [0.4, 0.5) is 0 Å². The number of amides is 1. The maximum absolute atomic E-state index is 11.7. The molecule has 16 heavy (non-hydrogen) atoms. The van der Waals surface area contributed by atoms with Gasteiger partial charge in [0.15, 0.2) is 0 Å². The van der Waals surface area contributed by atoms with E-state index in [1.165, 1.54) is 0 Å². The Balaban J connectivity index is 2.45. The van der Waals surface area contributed by atoms with E-state index in [9.17, 15) is 4.79 Å². The molecule has 2 atom stereocenters. The number of rotatable bonds is 5. The van der Waals surface area contributed by atoms with Crippen molar-refractivity contribution in [2.24, 2.45) is 5.92 Å². The van der Waals surface area contributed by atoms with Crippen LogP contribution in [0.5, 0.6) is 0 Å². The largest absolute Gasteiger partial charge is 0.347 e. The monoisotopic (exact) mass is 261 g/mol. The summed E-state index contributed by atoms with van der Waals surface area (Å²) in [6, 6.07) is 0.144. The van der Waals surface area contributed by atoms with Crippen molar-refractivity contribution < 1.29 is 4.79 Å². The number of aromatic nitrogens is 2. The van der Waals surface area contributed by atoms with Gasteiger partial charge in [0.1, 0.15) is 0 Å². The molecule has 0 saturated carbocycles. The van der Waals surface area contributed by atoms with E-state index >= 15 is 0 Å². The summed E-state index contributed by atoms with van der Waals surface area (Å²) in [7, 11) is 0. The molecule has 0 aromatic carbocycles. The molecule has 90 valence electrons. The van der Waals surface area contributed by atoms with E-state index in [0.29, 0.717) is 15.4 Å². The highest BCUT2D eigenvalue weighted by molar-refractivity contribution is 7.17. The van der Waals surface area contributed by atoms with E-state index in [1.807, 2.05) is 6.92 Å². The Bertz CT molecular complexity index is 356. The second-order valence-electron chi connectivity index (χ2n) is 3.98. The number of halogens is 1. The van der Waals surface area contributed by atoms with Gasteiger partial charge in [0.2, 0.25) is 9.47 Å². The van der Waals surface area contributed by atoms with Gasteiger partial charge in [-0.05, 0) is 30.9 Å². The molecule has 0 saturated heterocycles. The Morgan fingerprint density at radius 2 is 2.19 bits per heavy atom. The summed E-state index contributed by atoms with van der Waals surface area (Å²) in [4.78, 5) is 11.7. The van der Waals surface area contributed by atoms with Gasteiger partial charge in [0.05, 0.1) is 0 Å². The molecule has 0 fully saturated rings. The molecule has 1 amide bonds. The van der Waals surface area contributed by atoms with E-state index in [2.05, 4.69) is 29.4 Å². The molecular formula is C10H16ClN3OS. The van der Waals surface area contributed by atoms with E-state index in [0.717, 1.165) is 24.2 Å². The highest BCUT2D eigenvalue weighted by atomic mass is 35.5. The molecule has 0 aliphatic rings. The minimum absolute atomic E-state index is 0.144. The van der Waals surface area contributed by atoms with Crippen LogP contribution < -0.4 is 5.32 Å². The molecule has 1 N–H and O–H groups in total. The molecule has 1 rings (SSSR count). The van der Waals surface area contributed by atoms with Crippen molar-refractivity contribution in [3.63, 3.8) is 0 Å². The quantitative estimate of drug-likeness (QED) is 0.887. The topological polar surface area (TPSA) is 54.9 Å². The molecule has 1 aromatic heterocycles. The number of carbonyl (C=O) groups excluding carboxylic acids is 1. The Labute approximate surface area is 104 Å². The normalized spacial score (nSPS) is 14.5. The molecule has 0 radical (unpaired) electrons. The molecule has 0 spiro atoms. The smallest absolute Gasteiger partial charge is 0.282 e. The van der Waals surface area contributed by atoms with Gasteiger partial charge in [0.25, 0.3) is 5.91 Å². The number of nitrogens with zero attached hydrogens (tertiary/aromatic N) is 2. The van der Waals surface area contributed by atoms with Gasteiger partial charge in [-0.3, -0.25) is 4.79 Å². The lowest BCUT2D eigenvalue weighted by molar-refractivity contribution is 0.0934. The van der Waals surface area contributed by atoms with Gasteiger partial charge in [-0.15, -0.1) is 10.2 Å². The molecule has 1 heterocycles. The highest BCUT2D eigenvalue weighted by Gasteiger charge is 2.15. The van der Waals surface area contributed by atoms with Crippen molar-refractivity contribution >= 4 is 28.8 Å². The molecule has 0 bridgehead atoms. The summed E-state index contributed by atoms with van der Waals surface area (Å²) >= 11 is 6.71. The fourth-order valence-electron chi connectivity index (χ4n) is 1.41. The lowest BCUT2D eigenvalue weighted by Crippen LogP contribution is -2.33. The Kier molecular flexibility index (Phi) is 5.15. The SMILES string of the molecule is CCC(C)CC(C)NC(=O)c1nnc(Cl)s1. The molecule has 6 heteroatoms. The van der Waals surface area contributed by atoms with Gasteiger partial charge in [-0.2, -0.15) is 0 Å². The van der Waals surface area contributed by atoms with Gasteiger partial charge < -0.3 is 5.32 Å². The predicted molar refractivity (Wildman–Crippen MR) is 65.9 cm³/mol. The van der Waals surface area contributed by atoms with Gasteiger partial charge in [-0.25, -0.2) is 0 Å². The fraction of sp³-hybridized carbons (Fsp3) is 0.700. The lowest BCUT2D eigenvalue weighted by Gasteiger charge is -2.16. The predicted octanol–water partition coefficient (Wildman–Crippen LogP) is 2.75. The number of carbonyl (C=O) groups is 1. The van der Waals surface area contributed by atoms with Crippen molar-refractivity contribution in [3.8, 4) is 0 Å². The van der Waals surface area contributed by atoms with Crippen LogP contribution in [0.15, 0.2) is 0 Å². The molecule has 0 aliphatic carbocycles. The summed E-state index contributed by atoms with van der Waals surface area (Å²) in [6.45, 7) is 6.31. The zero-order valence-electron chi connectivity index (χ0n) is 9.66. The molecule has 2 unspecified atom stereocenters. The van der Waals surface area contributed by atoms with Crippen molar-refractivity contribution in [3.05, 3.63) is 9.47 Å². The van der Waals surface area contributed by atoms with E-state index in [1.54, 1.807) is 0 Å². The zero-order valence-corrected chi connectivity index (χ0v) is 11.2. The average molecular weight is 262 g/mol. The van der Waals surface area contributed by atoms with Crippen molar-refractivity contribution in [2.75, 3.05) is 0 Å². The van der Waals surface area contributed by atoms with Gasteiger partial charge in [-0.1, -0.05) is 31.6 Å². The van der Waals surface area contributed by atoms with Gasteiger partial charge >= 0.3 is 0 Å². The minimum Gasteiger partial charge on any atom is -0.347 e. The first-order chi connectivity index (χ1) is 7.52. The first-order valence-corrected chi connectivity index (χ1v) is 6.52. The Morgan fingerprint density at radius 1 is 1.50 bits per heavy atom. The van der Waals surface area contributed by atoms with Crippen LogP contribution in [0.2, 0.25) is 4.47 Å². The van der Waals surface area contributed by atoms with Crippen molar-refractivity contribution in [1.82, 2.24) is 15.5 Å². The molecular weight excluding hydrogens is 246 g/mol. The van der Waals surface area contributed by atoms with Crippen LogP contribution in [0, 0.1) is 5.92 Å². The fourth-order valence-corrected chi connectivity index (χ4v) is 2.14. The summed E-state index contributed by atoms with van der Waals surface area (Å²) in [5.74, 6) is 0.411. The Morgan fingerprint density at radius 3 is 2.69 bits per heavy atom. The van der Waals surface area contributed by atoms with E-state index < -0.39 is 0 Å². The third kappa shape index (κ3) is 4.06. The summed E-state index contributed by atoms with van der Waals surface area (Å²) in [5, 5.41) is 10.5. The molecule has 0 aliphatic heterocycles. The number of hydrogen-bond donors (Lipinski definition) is 1. The molecule has 1 aromatic rings. The highest BCUT2D eigenvalue weighted by Crippen LogP contribution is 2.15. The van der Waals surface area contributed by atoms with Crippen LogP contribution in [-0.4, -0.2) is 22.1 Å². The van der Waals surface area contributed by atoms with Crippen molar-refractivity contribution in [2.45, 2.75) is 39.7 Å². The summed E-state index contributed by atoms with van der Waals surface area (Å²) in [5.41, 5.74) is 0. The second kappa shape index (κ2) is 6.15. The average Bonchev–Trinajstić information content (AvgIpc) is 2.64. The molecule has 4 nitrogen and oxygen atoms in total. The summed E-state index contributed by atoms with van der Waals surface area (Å²) < 4.78 is 0.291. The second-order valence-corrected chi connectivity index (χ2v) is 5.54. The number of nitrogens with one attached hydrogen (secondary N) is 1. The Hall–Kier alpha value is -0.680. The van der Waals surface area contributed by atoms with E-state index in [4.69, 9.17) is 11.6 Å². The van der Waals surface area contributed by atoms with Crippen LogP contribution in [-0.2, 0) is 0 Å². The van der Waals surface area contributed by atoms with Gasteiger partial charge in [0, 0.05) is 6.04 Å². The lowest BCUT2D eigenvalue weighted by atomic mass is 10.0. The van der Waals surface area contributed by atoms with Crippen LogP contribution in [0.3, 0.4) is 0 Å². The summed E-state index contributed by atoms with van der Waals surface area (Å²) in [6.07, 6.45) is 2.08.